The second-order valence-corrected chi connectivity index (χ2v) is 24.3. The van der Waals surface area contributed by atoms with Crippen LogP contribution in [0.3, 0.4) is 0 Å². The highest BCUT2D eigenvalue weighted by Gasteiger charge is 2.56. The molecule has 0 radical (unpaired) electrons. The van der Waals surface area contributed by atoms with E-state index in [0.717, 1.165) is 38.2 Å². The van der Waals surface area contributed by atoms with Crippen LogP contribution < -0.4 is 25.1 Å². The van der Waals surface area contributed by atoms with Gasteiger partial charge in [0.25, 0.3) is 11.7 Å². The van der Waals surface area contributed by atoms with Gasteiger partial charge in [-0.15, -0.1) is 0 Å². The van der Waals surface area contributed by atoms with E-state index in [1.165, 1.54) is 72.7 Å². The van der Waals surface area contributed by atoms with E-state index < -0.39 is 112 Å². The molecule has 1 amide bonds. The third kappa shape index (κ3) is 10.8. The zero-order chi connectivity index (χ0) is 62.2. The minimum atomic E-state index is -2.12. The zero-order valence-corrected chi connectivity index (χ0v) is 50.1. The summed E-state index contributed by atoms with van der Waals surface area (Å²) in [6, 6.07) is 1.10. The molecule has 5 aliphatic heterocycles. The van der Waals surface area contributed by atoms with Gasteiger partial charge in [0.1, 0.15) is 34.6 Å². The summed E-state index contributed by atoms with van der Waals surface area (Å²) in [6.45, 7) is 15.4. The summed E-state index contributed by atoms with van der Waals surface area (Å²) in [5.74, 6) is -10.7. The van der Waals surface area contributed by atoms with Gasteiger partial charge < -0.3 is 69.1 Å². The number of allylic oxidation sites excluding steroid dienone is 2. The molecule has 3 aromatic carbocycles. The Bertz CT molecular complexity index is 3600. The van der Waals surface area contributed by atoms with E-state index in [-0.39, 0.29) is 78.8 Å². The molecule has 6 heterocycles. The average molecular weight is 1190 g/mol. The van der Waals surface area contributed by atoms with Gasteiger partial charge in [0.2, 0.25) is 5.43 Å². The van der Waals surface area contributed by atoms with Gasteiger partial charge in [0.15, 0.2) is 17.3 Å². The van der Waals surface area contributed by atoms with Crippen molar-refractivity contribution >= 4 is 62.9 Å². The summed E-state index contributed by atoms with van der Waals surface area (Å²) in [5, 5.41) is 78.3. The quantitative estimate of drug-likeness (QED) is 0.0356. The fourth-order valence-corrected chi connectivity index (χ4v) is 13.5. The molecule has 1 aromatic heterocycles. The number of piperazine rings is 1. The molecule has 4 aromatic rings. The van der Waals surface area contributed by atoms with Gasteiger partial charge in [-0.05, 0) is 64.0 Å². The molecule has 2 saturated heterocycles. The van der Waals surface area contributed by atoms with Crippen LogP contribution in [0.1, 0.15) is 118 Å². The molecule has 23 heteroatoms. The van der Waals surface area contributed by atoms with Crippen molar-refractivity contribution in [3.05, 3.63) is 86.7 Å². The number of pyridine rings is 1. The van der Waals surface area contributed by atoms with Crippen LogP contribution in [-0.2, 0) is 23.8 Å². The van der Waals surface area contributed by atoms with Crippen molar-refractivity contribution < 1.29 is 77.9 Å². The number of amides is 1. The molecule has 2 saturated carbocycles. The number of aromatic hydroxyl groups is 3. The number of nitrogens with one attached hydrogen (secondary N) is 1. The summed E-state index contributed by atoms with van der Waals surface area (Å²) in [6.07, 6.45) is 10.1. The fraction of sp³-hybridized carbons (Fsp3) is 0.524. The molecule has 10 atom stereocenters. The lowest BCUT2D eigenvalue weighted by atomic mass is 9.78. The van der Waals surface area contributed by atoms with Gasteiger partial charge in [-0.1, -0.05) is 45.9 Å². The van der Waals surface area contributed by atoms with Crippen LogP contribution in [0.25, 0.3) is 21.7 Å². The number of hydrogen-bond acceptors (Lipinski definition) is 19. The van der Waals surface area contributed by atoms with Gasteiger partial charge in [-0.2, -0.15) is 5.10 Å². The van der Waals surface area contributed by atoms with Crippen molar-refractivity contribution in [2.45, 2.75) is 129 Å². The third-order valence-corrected chi connectivity index (χ3v) is 18.9. The first-order valence-electron chi connectivity index (χ1n) is 29.3. The van der Waals surface area contributed by atoms with Crippen molar-refractivity contribution in [1.29, 1.82) is 0 Å². The minimum absolute atomic E-state index is 0.0123. The van der Waals surface area contributed by atoms with Crippen molar-refractivity contribution in [3.63, 3.8) is 0 Å². The first-order chi connectivity index (χ1) is 40.8. The molecule has 86 heavy (non-hydrogen) atoms. The van der Waals surface area contributed by atoms with Gasteiger partial charge in [0.05, 0.1) is 71.0 Å². The van der Waals surface area contributed by atoms with Gasteiger partial charge >= 0.3 is 17.7 Å². The molecule has 5 bridgehead atoms. The number of methoxy groups -OCH3 is 2. The minimum Gasteiger partial charge on any atom is -0.507 e. The first kappa shape index (κ1) is 61.4. The van der Waals surface area contributed by atoms with Crippen LogP contribution in [0.15, 0.2) is 58.3 Å². The molecule has 11 rings (SSSR count). The van der Waals surface area contributed by atoms with Crippen molar-refractivity contribution in [3.8, 4) is 28.7 Å². The summed E-state index contributed by atoms with van der Waals surface area (Å²) in [4.78, 5) is 71.4. The normalized spacial score (nSPS) is 28.3. The molecule has 7 N–H and O–H groups in total. The van der Waals surface area contributed by atoms with Crippen molar-refractivity contribution in [1.82, 2.24) is 14.5 Å². The fourth-order valence-electron chi connectivity index (χ4n) is 13.5. The zero-order valence-electron chi connectivity index (χ0n) is 50.1. The number of ketones is 1. The molecular formula is C63H77FN6O16. The lowest BCUT2D eigenvalue weighted by Gasteiger charge is -2.41. The van der Waals surface area contributed by atoms with Crippen molar-refractivity contribution in [2.75, 3.05) is 63.7 Å². The van der Waals surface area contributed by atoms with E-state index in [1.54, 1.807) is 49.4 Å². The van der Waals surface area contributed by atoms with E-state index in [9.17, 15) is 54.6 Å². The van der Waals surface area contributed by atoms with Crippen LogP contribution in [-0.4, -0.2) is 164 Å². The number of aliphatic hydroxyl groups excluding tert-OH is 2. The number of carbonyl (C=O) groups is 4. The Balaban J connectivity index is 0.951. The molecule has 4 fully saturated rings. The molecule has 2 aliphatic carbocycles. The second kappa shape index (κ2) is 23.5. The summed E-state index contributed by atoms with van der Waals surface area (Å²) < 4.78 is 48.0. The summed E-state index contributed by atoms with van der Waals surface area (Å²) in [5.41, 5.74) is -1.40. The molecule has 462 valence electrons. The number of carboxylic acid groups (broad SMARTS) is 1. The number of aliphatic hydroxyl groups is 2. The van der Waals surface area contributed by atoms with Gasteiger partial charge in [-0.3, -0.25) is 29.1 Å². The van der Waals surface area contributed by atoms with E-state index in [1.807, 2.05) is 4.90 Å². The number of carbonyl (C=O) groups excluding carboxylic acids is 3. The number of halogens is 1. The third-order valence-electron chi connectivity index (χ3n) is 18.9. The first-order valence-corrected chi connectivity index (χ1v) is 29.3. The maximum Gasteiger partial charge on any atom is 0.341 e. The number of hydrazone groups is 1. The van der Waals surface area contributed by atoms with Crippen LogP contribution in [0, 0.1) is 42.3 Å². The standard InChI is InChI=1S/C63H77FN6O16/c1-30-12-11-13-31(2)60(79)66-47-40(27-65-69-23-21-68(22-24-69)63(18-19-63)37-16-20-67(28-37)49-42(64)26-39-48(58(49)83-10)70(38-14-15-38)29-41(53(39)75)61(80)81)54(76)44-45(55(47)77)52(74)35(6)57-46(44)59(78)62(8,86-57)84-25-17-43(82-9)32(3)56(85-36(7)71)34(5)51(73)33(4)50(30)72/h11-13,17,25-27,29-30,32-34,37-38,43,50-51,56,72-74,76-77H,14-16,18-24,28H2,1-10H3,(H,66,79)(H,80,81)/t30-,32+,33+,34+,37?,43-,50-,51+,56+,62-/m0/s1. The maximum atomic E-state index is 16.4. The largest absolute Gasteiger partial charge is 0.507 e. The number of rotatable bonds is 10. The number of esters is 1. The predicted molar refractivity (Wildman–Crippen MR) is 317 cm³/mol. The van der Waals surface area contributed by atoms with E-state index in [0.29, 0.717) is 44.8 Å². The topological polar surface area (TPSA) is 292 Å². The van der Waals surface area contributed by atoms with E-state index >= 15 is 4.39 Å². The van der Waals surface area contributed by atoms with Gasteiger partial charge in [0, 0.05) is 118 Å². The summed E-state index contributed by atoms with van der Waals surface area (Å²) in [7, 11) is 2.85. The maximum absolute atomic E-state index is 16.4. The number of hydrogen-bond donors (Lipinski definition) is 7. The SMILES string of the molecule is COc1c(N2CCC(C3(N4CCN(N=Cc5c6c(O)c7c(O)c(C)c8c(c7c5O)C(=O)[C@@](C)(OC=C[C@H](OC)[C@@H](C)[C@@H](OC(C)=O)[C@H](C)[C@H](O)[C@H](C)[C@@H](O)[C@@H](C)C=CC=C(C)C(=O)N6)O8)CC4)CC3)C2)c(F)cc2c(=O)c(C(=O)O)cn(C3CC3)c12. The number of phenols is 3. The number of aromatic nitrogens is 1. The Morgan fingerprint density at radius 1 is 0.895 bits per heavy atom. The number of anilines is 2. The smallest absolute Gasteiger partial charge is 0.341 e. The number of aromatic carboxylic acids is 1. The highest BCUT2D eigenvalue weighted by atomic mass is 19.1. The van der Waals surface area contributed by atoms with Crippen LogP contribution in [0.2, 0.25) is 0 Å². The molecule has 7 aliphatic rings. The van der Waals surface area contributed by atoms with E-state index in [2.05, 4.69) is 10.2 Å². The number of Topliss-reactive ketones (excluding diaryl/α,β-unsaturated/α-hetero) is 1. The lowest BCUT2D eigenvalue weighted by molar-refractivity contribution is -0.160. The van der Waals surface area contributed by atoms with Crippen LogP contribution in [0.5, 0.6) is 28.7 Å². The van der Waals surface area contributed by atoms with Crippen LogP contribution >= 0.6 is 0 Å². The Morgan fingerprint density at radius 3 is 2.22 bits per heavy atom. The number of ether oxygens (including phenoxy) is 5. The Kier molecular flexibility index (Phi) is 16.8. The Morgan fingerprint density at radius 2 is 1.59 bits per heavy atom. The van der Waals surface area contributed by atoms with Crippen molar-refractivity contribution in [2.24, 2.45) is 34.7 Å². The number of nitrogens with zero attached hydrogens (tertiary/aromatic N) is 5. The van der Waals surface area contributed by atoms with E-state index in [4.69, 9.17) is 28.8 Å². The second-order valence-electron chi connectivity index (χ2n) is 24.3. The monoisotopic (exact) mass is 1190 g/mol. The number of benzene rings is 3. The Labute approximate surface area is 496 Å². The molecular weight excluding hydrogens is 1120 g/mol. The number of fused-ring (bicyclic) bond motifs is 15. The van der Waals surface area contributed by atoms with Crippen LogP contribution in [0.4, 0.5) is 15.8 Å². The molecule has 1 unspecified atom stereocenters. The number of phenolic OH excluding ortho intramolecular Hbond substituents is 3. The lowest BCUT2D eigenvalue weighted by Crippen LogP contribution is -2.53. The van der Waals surface area contributed by atoms with Gasteiger partial charge in [-0.25, -0.2) is 9.18 Å². The molecule has 0 spiro atoms. The average Bonchev–Trinajstić information content (AvgIpc) is 1.42. The summed E-state index contributed by atoms with van der Waals surface area (Å²) >= 11 is 0. The predicted octanol–water partition coefficient (Wildman–Crippen LogP) is 7.26. The Hall–Kier alpha value is -7.73. The highest BCUT2D eigenvalue weighted by Crippen LogP contribution is 2.56. The molecule has 22 nitrogen and oxygen atoms in total. The highest BCUT2D eigenvalue weighted by molar-refractivity contribution is 6.24. The number of carboxylic acids is 1.